The first-order valence-corrected chi connectivity index (χ1v) is 3.09. The number of hydrogen-bond donors (Lipinski definition) is 0. The van der Waals surface area contributed by atoms with Crippen molar-refractivity contribution < 1.29 is 43.9 Å². The molecule has 1 atom stereocenters. The molecule has 0 amide bonds. The molecule has 3 nitrogen and oxygen atoms in total. The first-order chi connectivity index (χ1) is 3.27. The van der Waals surface area contributed by atoms with Gasteiger partial charge in [0.25, 0.3) is 0 Å². The molecule has 0 aromatic carbocycles. The van der Waals surface area contributed by atoms with E-state index in [0.717, 1.165) is 0 Å². The van der Waals surface area contributed by atoms with E-state index in [4.69, 9.17) is 11.6 Å². The molecule has 0 bridgehead atoms. The standard InChI is InChI=1S/C2H5ClO3S.Na.H/c3-1-2-6-7(4)5;;/h1-2H2,(H,4,5);;/q;+1;-1/p-1. The smallest absolute Gasteiger partial charge is 1.00 e. The van der Waals surface area contributed by atoms with Crippen LogP contribution in [0.25, 0.3) is 0 Å². The fourth-order valence-corrected chi connectivity index (χ4v) is 0.488. The van der Waals surface area contributed by atoms with Gasteiger partial charge < -0.3 is 5.98 Å². The minimum atomic E-state index is -2.40. The molecule has 0 N–H and O–H groups in total. The van der Waals surface area contributed by atoms with E-state index in [2.05, 4.69) is 4.18 Å². The van der Waals surface area contributed by atoms with Gasteiger partial charge in [-0.15, -0.1) is 11.6 Å². The molecule has 0 aromatic heterocycles. The first-order valence-electron chi connectivity index (χ1n) is 1.56. The summed E-state index contributed by atoms with van der Waals surface area (Å²) in [5, 5.41) is 0. The van der Waals surface area contributed by atoms with Crippen molar-refractivity contribution in [1.29, 1.82) is 0 Å². The normalized spacial score (nSPS) is 12.2. The van der Waals surface area contributed by atoms with Gasteiger partial charge in [-0.1, -0.05) is 0 Å². The summed E-state index contributed by atoms with van der Waals surface area (Å²) in [5.74, 6) is 0.202. The predicted octanol–water partition coefficient (Wildman–Crippen LogP) is -2.85. The third-order valence-corrected chi connectivity index (χ3v) is 0.770. The largest absolute Gasteiger partial charge is 1.00 e. The Labute approximate surface area is 79.0 Å². The molecule has 46 valence electrons. The Kier molecular flexibility index (Phi) is 12.6. The van der Waals surface area contributed by atoms with Crippen molar-refractivity contribution in [2.75, 3.05) is 12.5 Å². The van der Waals surface area contributed by atoms with Crippen molar-refractivity contribution in [2.24, 2.45) is 0 Å². The molecule has 0 spiro atoms. The van der Waals surface area contributed by atoms with E-state index in [1.807, 2.05) is 0 Å². The van der Waals surface area contributed by atoms with E-state index in [1.54, 1.807) is 0 Å². The van der Waals surface area contributed by atoms with Crippen LogP contribution in [0.2, 0.25) is 0 Å². The molecule has 0 aliphatic heterocycles. The van der Waals surface area contributed by atoms with E-state index in [0.29, 0.717) is 0 Å². The van der Waals surface area contributed by atoms with Crippen molar-refractivity contribution in [3.05, 3.63) is 0 Å². The summed E-state index contributed by atoms with van der Waals surface area (Å²) in [7, 11) is 0. The summed E-state index contributed by atoms with van der Waals surface area (Å²) in [5.41, 5.74) is 0. The minimum Gasteiger partial charge on any atom is -1.00 e. The zero-order valence-electron chi connectivity index (χ0n) is 5.43. The first kappa shape index (κ1) is 12.1. The topological polar surface area (TPSA) is 49.4 Å². The SMILES string of the molecule is O=S([O-])OCCCl.[H-].[Na+]. The second kappa shape index (κ2) is 8.36. The van der Waals surface area contributed by atoms with E-state index in [-0.39, 0.29) is 43.5 Å². The van der Waals surface area contributed by atoms with Crippen molar-refractivity contribution in [3.63, 3.8) is 0 Å². The number of alkyl halides is 1. The molecule has 0 saturated heterocycles. The van der Waals surface area contributed by atoms with Gasteiger partial charge in [0.05, 0.1) is 18.0 Å². The van der Waals surface area contributed by atoms with Gasteiger partial charge in [0.15, 0.2) is 0 Å². The van der Waals surface area contributed by atoms with E-state index in [1.165, 1.54) is 0 Å². The van der Waals surface area contributed by atoms with Crippen LogP contribution in [0, 0.1) is 0 Å². The number of halogens is 1. The van der Waals surface area contributed by atoms with Crippen LogP contribution in [0.3, 0.4) is 0 Å². The average molecular weight is 168 g/mol. The third-order valence-electron chi connectivity index (χ3n) is 0.257. The molecule has 0 radical (unpaired) electrons. The Bertz CT molecular complexity index is 74.8. The van der Waals surface area contributed by atoms with Crippen LogP contribution >= 0.6 is 11.6 Å². The summed E-state index contributed by atoms with van der Waals surface area (Å²) in [6.45, 7) is 0.0532. The quantitative estimate of drug-likeness (QED) is 0.258. The minimum absolute atomic E-state index is 0. The Morgan fingerprint density at radius 2 is 2.38 bits per heavy atom. The van der Waals surface area contributed by atoms with Gasteiger partial charge in [0.2, 0.25) is 0 Å². The maximum Gasteiger partial charge on any atom is 1.00 e. The Morgan fingerprint density at radius 1 is 1.88 bits per heavy atom. The van der Waals surface area contributed by atoms with Crippen molar-refractivity contribution in [3.8, 4) is 0 Å². The molecular formula is C2H5ClNaO3S-. The predicted molar refractivity (Wildman–Crippen MR) is 26.7 cm³/mol. The summed E-state index contributed by atoms with van der Waals surface area (Å²) in [4.78, 5) is 0. The molecule has 0 aliphatic rings. The Balaban J connectivity index is -0.000000180. The van der Waals surface area contributed by atoms with Crippen molar-refractivity contribution >= 4 is 23.0 Å². The zero-order chi connectivity index (χ0) is 5.70. The molecule has 0 heterocycles. The van der Waals surface area contributed by atoms with Crippen molar-refractivity contribution in [1.82, 2.24) is 0 Å². The Morgan fingerprint density at radius 3 is 2.50 bits per heavy atom. The second-order valence-corrected chi connectivity index (χ2v) is 1.74. The van der Waals surface area contributed by atoms with Gasteiger partial charge in [-0.05, 0) is 0 Å². The van der Waals surface area contributed by atoms with Gasteiger partial charge in [0, 0.05) is 5.88 Å². The average Bonchev–Trinajstić information content (AvgIpc) is 1.61. The fourth-order valence-electron chi connectivity index (χ4n) is 0.0995. The molecule has 0 fully saturated rings. The molecule has 0 aromatic rings. The fraction of sp³-hybridized carbons (Fsp3) is 1.00. The zero-order valence-corrected chi connectivity index (χ0v) is 8.00. The molecule has 6 heteroatoms. The van der Waals surface area contributed by atoms with Crippen molar-refractivity contribution in [2.45, 2.75) is 0 Å². The van der Waals surface area contributed by atoms with Gasteiger partial charge in [-0.25, -0.2) is 4.21 Å². The van der Waals surface area contributed by atoms with Gasteiger partial charge in [-0.3, -0.25) is 4.18 Å². The summed E-state index contributed by atoms with van der Waals surface area (Å²) >= 11 is 2.65. The number of rotatable bonds is 3. The monoisotopic (exact) mass is 167 g/mol. The maximum atomic E-state index is 9.48. The Hall–Kier alpha value is 1.36. The van der Waals surface area contributed by atoms with E-state index in [9.17, 15) is 8.76 Å². The molecule has 0 saturated carbocycles. The molecule has 0 rings (SSSR count). The summed E-state index contributed by atoms with van der Waals surface area (Å²) in [6, 6.07) is 0. The third kappa shape index (κ3) is 10.4. The van der Waals surface area contributed by atoms with Gasteiger partial charge in [-0.2, -0.15) is 0 Å². The molecule has 1 unspecified atom stereocenters. The molecule has 8 heavy (non-hydrogen) atoms. The maximum absolute atomic E-state index is 9.48. The van der Waals surface area contributed by atoms with Gasteiger partial charge in [0.1, 0.15) is 0 Å². The van der Waals surface area contributed by atoms with Crippen LogP contribution in [0.1, 0.15) is 1.43 Å². The second-order valence-electron chi connectivity index (χ2n) is 0.715. The summed E-state index contributed by atoms with van der Waals surface area (Å²) in [6.07, 6.45) is 0. The van der Waals surface area contributed by atoms with Crippen LogP contribution in [-0.2, 0) is 15.5 Å². The number of hydrogen-bond acceptors (Lipinski definition) is 3. The van der Waals surface area contributed by atoms with Crippen LogP contribution in [-0.4, -0.2) is 21.2 Å². The van der Waals surface area contributed by atoms with Crippen LogP contribution < -0.4 is 29.6 Å². The summed E-state index contributed by atoms with van der Waals surface area (Å²) < 4.78 is 22.9. The molecular weight excluding hydrogens is 163 g/mol. The van der Waals surface area contributed by atoms with Crippen LogP contribution in [0.5, 0.6) is 0 Å². The van der Waals surface area contributed by atoms with Crippen LogP contribution in [0.4, 0.5) is 0 Å². The van der Waals surface area contributed by atoms with Gasteiger partial charge >= 0.3 is 29.6 Å². The van der Waals surface area contributed by atoms with Crippen LogP contribution in [0.15, 0.2) is 0 Å². The molecule has 0 aliphatic carbocycles. The van der Waals surface area contributed by atoms with E-state index >= 15 is 0 Å². The van der Waals surface area contributed by atoms with E-state index < -0.39 is 11.4 Å².